The molecule has 0 radical (unpaired) electrons. The van der Waals surface area contributed by atoms with Crippen molar-refractivity contribution in [1.82, 2.24) is 9.47 Å². The molecule has 5 nitrogen and oxygen atoms in total. The minimum atomic E-state index is -0.117. The molecule has 0 aliphatic heterocycles. The van der Waals surface area contributed by atoms with Gasteiger partial charge < -0.3 is 13.9 Å². The van der Waals surface area contributed by atoms with E-state index in [4.69, 9.17) is 4.42 Å². The van der Waals surface area contributed by atoms with Crippen molar-refractivity contribution in [3.05, 3.63) is 69.7 Å². The Morgan fingerprint density at radius 2 is 2.00 bits per heavy atom. The molecule has 26 heavy (non-hydrogen) atoms. The fourth-order valence-electron chi connectivity index (χ4n) is 3.22. The average Bonchev–Trinajstić information content (AvgIpc) is 3.31. The first kappa shape index (κ1) is 16.6. The zero-order valence-corrected chi connectivity index (χ0v) is 15.4. The number of para-hydroxylation sites is 1. The van der Waals surface area contributed by atoms with Gasteiger partial charge in [0.2, 0.25) is 0 Å². The van der Waals surface area contributed by atoms with Crippen LogP contribution in [0.2, 0.25) is 0 Å². The Hall–Kier alpha value is -2.86. The summed E-state index contributed by atoms with van der Waals surface area (Å²) in [6, 6.07) is 13.2. The van der Waals surface area contributed by atoms with Gasteiger partial charge in [-0.1, -0.05) is 18.2 Å². The summed E-state index contributed by atoms with van der Waals surface area (Å²) in [6.45, 7) is 2.93. The Kier molecular flexibility index (Phi) is 4.12. The highest BCUT2D eigenvalue weighted by atomic mass is 32.1. The van der Waals surface area contributed by atoms with Gasteiger partial charge in [-0.25, -0.2) is 0 Å². The fraction of sp³-hybridized carbons (Fsp3) is 0.200. The molecule has 0 aliphatic rings. The first-order valence-electron chi connectivity index (χ1n) is 8.43. The number of furan rings is 1. The lowest BCUT2D eigenvalue weighted by atomic mass is 10.1. The minimum absolute atomic E-state index is 0.0508. The van der Waals surface area contributed by atoms with E-state index in [1.165, 1.54) is 11.3 Å². The van der Waals surface area contributed by atoms with E-state index in [-0.39, 0.29) is 11.5 Å². The maximum atomic E-state index is 12.9. The third-order valence-corrected chi connectivity index (χ3v) is 5.65. The molecule has 1 amide bonds. The lowest BCUT2D eigenvalue weighted by molar-refractivity contribution is 0.0780. The molecular weight excluding hydrogens is 348 g/mol. The Morgan fingerprint density at radius 1 is 1.19 bits per heavy atom. The van der Waals surface area contributed by atoms with E-state index in [0.717, 1.165) is 21.4 Å². The number of fused-ring (bicyclic) bond motifs is 3. The van der Waals surface area contributed by atoms with E-state index >= 15 is 0 Å². The van der Waals surface area contributed by atoms with Crippen LogP contribution in [-0.4, -0.2) is 22.4 Å². The lowest BCUT2D eigenvalue weighted by Gasteiger charge is -2.14. The molecule has 0 unspecified atom stereocenters. The standard InChI is InChI=1S/C20H18N2O3S/c1-3-22-16-9-5-4-8-14(16)18-15(19(22)23)11-17(26-18)20(24)21(2)12-13-7-6-10-25-13/h4-11H,3,12H2,1-2H3. The molecule has 0 aliphatic carbocycles. The van der Waals surface area contributed by atoms with Crippen molar-refractivity contribution in [2.75, 3.05) is 7.05 Å². The molecule has 6 heteroatoms. The molecule has 0 N–H and O–H groups in total. The molecular formula is C20H18N2O3S. The van der Waals surface area contributed by atoms with Crippen LogP contribution in [0, 0.1) is 0 Å². The van der Waals surface area contributed by atoms with E-state index < -0.39 is 0 Å². The SMILES string of the molecule is CCn1c(=O)c2cc(C(=O)N(C)Cc3ccco3)sc2c2ccccc21. The number of benzene rings is 1. The largest absolute Gasteiger partial charge is 0.467 e. The molecule has 1 aromatic carbocycles. The number of aryl methyl sites for hydroxylation is 1. The van der Waals surface area contributed by atoms with Crippen LogP contribution < -0.4 is 5.56 Å². The summed E-state index contributed by atoms with van der Waals surface area (Å²) in [5, 5.41) is 1.60. The Morgan fingerprint density at radius 3 is 2.73 bits per heavy atom. The smallest absolute Gasteiger partial charge is 0.264 e. The first-order chi connectivity index (χ1) is 12.6. The van der Waals surface area contributed by atoms with Crippen LogP contribution in [-0.2, 0) is 13.1 Å². The number of hydrogen-bond acceptors (Lipinski definition) is 4. The molecule has 4 rings (SSSR count). The van der Waals surface area contributed by atoms with E-state index in [2.05, 4.69) is 0 Å². The number of carbonyl (C=O) groups is 1. The van der Waals surface area contributed by atoms with Gasteiger partial charge in [0, 0.05) is 23.7 Å². The number of rotatable bonds is 4. The maximum Gasteiger partial charge on any atom is 0.264 e. The summed E-state index contributed by atoms with van der Waals surface area (Å²) < 4.78 is 7.93. The van der Waals surface area contributed by atoms with Crippen molar-refractivity contribution in [1.29, 1.82) is 0 Å². The van der Waals surface area contributed by atoms with Crippen LogP contribution >= 0.6 is 11.3 Å². The number of pyridine rings is 1. The predicted octanol–water partition coefficient (Wildman–Crippen LogP) is 4.10. The van der Waals surface area contributed by atoms with Gasteiger partial charge in [-0.05, 0) is 31.2 Å². The summed E-state index contributed by atoms with van der Waals surface area (Å²) in [5.74, 6) is 0.606. The number of nitrogens with zero attached hydrogens (tertiary/aromatic N) is 2. The number of amides is 1. The molecule has 0 bridgehead atoms. The van der Waals surface area contributed by atoms with Crippen LogP contribution in [0.15, 0.2) is 57.9 Å². The van der Waals surface area contributed by atoms with Crippen molar-refractivity contribution in [2.24, 2.45) is 0 Å². The number of hydrogen-bond donors (Lipinski definition) is 0. The van der Waals surface area contributed by atoms with Gasteiger partial charge in [0.15, 0.2) is 0 Å². The molecule has 0 spiro atoms. The van der Waals surface area contributed by atoms with Gasteiger partial charge in [-0.3, -0.25) is 9.59 Å². The van der Waals surface area contributed by atoms with Crippen molar-refractivity contribution in [3.8, 4) is 0 Å². The fourth-order valence-corrected chi connectivity index (χ4v) is 4.40. The summed E-state index contributed by atoms with van der Waals surface area (Å²) >= 11 is 1.37. The highest BCUT2D eigenvalue weighted by Gasteiger charge is 2.19. The first-order valence-corrected chi connectivity index (χ1v) is 9.24. The van der Waals surface area contributed by atoms with Gasteiger partial charge in [-0.2, -0.15) is 0 Å². The zero-order valence-electron chi connectivity index (χ0n) is 14.6. The van der Waals surface area contributed by atoms with Crippen molar-refractivity contribution >= 4 is 38.2 Å². The molecule has 0 saturated heterocycles. The number of aromatic nitrogens is 1. The van der Waals surface area contributed by atoms with E-state index in [0.29, 0.717) is 23.4 Å². The third kappa shape index (κ3) is 2.63. The molecule has 132 valence electrons. The normalized spacial score (nSPS) is 11.3. The molecule has 0 fully saturated rings. The van der Waals surface area contributed by atoms with Crippen LogP contribution in [0.5, 0.6) is 0 Å². The van der Waals surface area contributed by atoms with Crippen molar-refractivity contribution < 1.29 is 9.21 Å². The number of thiophene rings is 1. The van der Waals surface area contributed by atoms with Gasteiger partial charge in [0.1, 0.15) is 5.76 Å². The maximum absolute atomic E-state index is 12.9. The van der Waals surface area contributed by atoms with Crippen LogP contribution in [0.25, 0.3) is 21.0 Å². The van der Waals surface area contributed by atoms with E-state index in [1.807, 2.05) is 37.3 Å². The van der Waals surface area contributed by atoms with E-state index in [9.17, 15) is 9.59 Å². The Bertz CT molecular complexity index is 1160. The van der Waals surface area contributed by atoms with E-state index in [1.54, 1.807) is 34.9 Å². The summed E-state index contributed by atoms with van der Waals surface area (Å²) in [7, 11) is 1.73. The van der Waals surface area contributed by atoms with Gasteiger partial charge in [0.05, 0.1) is 28.6 Å². The lowest BCUT2D eigenvalue weighted by Crippen LogP contribution is -2.25. The number of carbonyl (C=O) groups excluding carboxylic acids is 1. The second-order valence-corrected chi connectivity index (χ2v) is 7.21. The average molecular weight is 366 g/mol. The van der Waals surface area contributed by atoms with Crippen LogP contribution in [0.1, 0.15) is 22.4 Å². The van der Waals surface area contributed by atoms with Crippen molar-refractivity contribution in [2.45, 2.75) is 20.0 Å². The van der Waals surface area contributed by atoms with Gasteiger partial charge in [0.25, 0.3) is 11.5 Å². The Balaban J connectivity index is 1.82. The summed E-state index contributed by atoms with van der Waals surface area (Å²) in [6.07, 6.45) is 1.59. The molecule has 0 saturated carbocycles. The third-order valence-electron chi connectivity index (χ3n) is 4.49. The highest BCUT2D eigenvalue weighted by Crippen LogP contribution is 2.31. The molecule has 3 heterocycles. The van der Waals surface area contributed by atoms with Gasteiger partial charge in [-0.15, -0.1) is 11.3 Å². The molecule has 4 aromatic rings. The second kappa shape index (κ2) is 6.46. The minimum Gasteiger partial charge on any atom is -0.467 e. The predicted molar refractivity (Wildman–Crippen MR) is 104 cm³/mol. The summed E-state index contributed by atoms with van der Waals surface area (Å²) in [5.41, 5.74) is 0.850. The second-order valence-electron chi connectivity index (χ2n) is 6.16. The van der Waals surface area contributed by atoms with Crippen molar-refractivity contribution in [3.63, 3.8) is 0 Å². The molecule has 3 aromatic heterocycles. The Labute approximate surface area is 154 Å². The zero-order chi connectivity index (χ0) is 18.3. The highest BCUT2D eigenvalue weighted by molar-refractivity contribution is 7.21. The monoisotopic (exact) mass is 366 g/mol. The van der Waals surface area contributed by atoms with Crippen LogP contribution in [0.4, 0.5) is 0 Å². The topological polar surface area (TPSA) is 55.5 Å². The quantitative estimate of drug-likeness (QED) is 0.546. The molecule has 0 atom stereocenters. The van der Waals surface area contributed by atoms with Crippen LogP contribution in [0.3, 0.4) is 0 Å². The summed E-state index contributed by atoms with van der Waals surface area (Å²) in [4.78, 5) is 27.9. The van der Waals surface area contributed by atoms with Gasteiger partial charge >= 0.3 is 0 Å².